The summed E-state index contributed by atoms with van der Waals surface area (Å²) < 4.78 is 7.01. The number of carbonyl (C=O) groups is 1. The zero-order valence-electron chi connectivity index (χ0n) is 22.5. The molecule has 9 atom stereocenters. The first-order chi connectivity index (χ1) is 15.2. The third kappa shape index (κ3) is 2.73. The molecule has 5 fully saturated rings. The summed E-state index contributed by atoms with van der Waals surface area (Å²) in [5, 5.41) is 12.2. The molecule has 5 rings (SSSR count). The Morgan fingerprint density at radius 1 is 1.03 bits per heavy atom. The molecular weight excluding hydrogens is 408 g/mol. The molecule has 0 radical (unpaired) electrons. The van der Waals surface area contributed by atoms with Gasteiger partial charge in [-0.05, 0) is 95.8 Å². The maximum absolute atomic E-state index is 12.9. The highest BCUT2D eigenvalue weighted by Gasteiger charge is 2.91. The minimum atomic E-state index is -0.662. The van der Waals surface area contributed by atoms with Crippen LogP contribution in [0.15, 0.2) is 11.6 Å². The van der Waals surface area contributed by atoms with Gasteiger partial charge in [0, 0.05) is 22.7 Å². The molecule has 186 valence electrons. The lowest BCUT2D eigenvalue weighted by Gasteiger charge is -2.56. The van der Waals surface area contributed by atoms with Crippen LogP contribution in [0, 0.1) is 39.9 Å². The zero-order valence-corrected chi connectivity index (χ0v) is 22.5. The first kappa shape index (κ1) is 24.0. The highest BCUT2D eigenvalue weighted by Crippen LogP contribution is 2.85. The number of fused-ring (bicyclic) bond motifs is 2. The molecule has 0 aromatic heterocycles. The molecule has 1 heterocycles. The molecule has 3 heteroatoms. The van der Waals surface area contributed by atoms with Crippen molar-refractivity contribution in [3.63, 3.8) is 0 Å². The fourth-order valence-electron chi connectivity index (χ4n) is 10.5. The average Bonchev–Trinajstić information content (AvgIpc) is 3.34. The van der Waals surface area contributed by atoms with Gasteiger partial charge in [-0.1, -0.05) is 46.3 Å². The molecule has 4 aliphatic carbocycles. The molecule has 5 aliphatic rings. The third-order valence-electron chi connectivity index (χ3n) is 12.4. The number of aliphatic hydroxyl groups is 1. The van der Waals surface area contributed by atoms with Crippen molar-refractivity contribution in [1.82, 2.24) is 0 Å². The van der Waals surface area contributed by atoms with Gasteiger partial charge < -0.3 is 9.84 Å². The van der Waals surface area contributed by atoms with Crippen LogP contribution < -0.4 is 0 Å². The second-order valence-electron chi connectivity index (χ2n) is 14.3. The monoisotopic (exact) mass is 456 g/mol. The van der Waals surface area contributed by atoms with Crippen LogP contribution in [0.2, 0.25) is 0 Å². The summed E-state index contributed by atoms with van der Waals surface area (Å²) in [5.41, 5.74) is 0.285. The van der Waals surface area contributed by atoms with Crippen molar-refractivity contribution >= 4 is 5.78 Å². The molecule has 0 amide bonds. The Hall–Kier alpha value is -0.670. The van der Waals surface area contributed by atoms with E-state index in [0.717, 1.165) is 51.4 Å². The van der Waals surface area contributed by atoms with E-state index in [2.05, 4.69) is 61.5 Å². The number of hydrogen-bond donors (Lipinski definition) is 1. The van der Waals surface area contributed by atoms with Crippen molar-refractivity contribution in [1.29, 1.82) is 0 Å². The van der Waals surface area contributed by atoms with Gasteiger partial charge in [0.1, 0.15) is 17.0 Å². The lowest BCUT2D eigenvalue weighted by atomic mass is 9.45. The number of allylic oxidation sites excluding steroid dienone is 2. The third-order valence-corrected chi connectivity index (χ3v) is 12.4. The van der Waals surface area contributed by atoms with E-state index >= 15 is 0 Å². The van der Waals surface area contributed by atoms with Crippen LogP contribution in [0.1, 0.15) is 113 Å². The van der Waals surface area contributed by atoms with Crippen LogP contribution in [0.5, 0.6) is 0 Å². The number of Topliss-reactive ketones (excluding diaryl/α,β-unsaturated/α-hetero) is 1. The Balaban J connectivity index is 1.46. The van der Waals surface area contributed by atoms with E-state index in [1.807, 2.05) is 0 Å². The van der Waals surface area contributed by atoms with E-state index in [9.17, 15) is 9.90 Å². The first-order valence-electron chi connectivity index (χ1n) is 13.8. The summed E-state index contributed by atoms with van der Waals surface area (Å²) in [5.74, 6) is 1.97. The Morgan fingerprint density at radius 2 is 1.70 bits per heavy atom. The summed E-state index contributed by atoms with van der Waals surface area (Å²) in [4.78, 5) is 12.9. The molecule has 1 aliphatic heterocycles. The SMILES string of the molecule is CC(C)=CCCC(C)C1CCC2(C)C(CC34OC23CCC2C(C)(C)C(=O)CCC24C)C1(C)O. The van der Waals surface area contributed by atoms with Crippen molar-refractivity contribution < 1.29 is 14.6 Å². The Kier molecular flexibility index (Phi) is 5.07. The average molecular weight is 457 g/mol. The standard InChI is InChI=1S/C30H48O3/c1-19(2)10-9-11-20(3)21-12-15-27(7)23(28(21,8)32)18-30-26(6)16-14-24(31)25(4,5)22(26)13-17-29(27,30)33-30/h10,20-23,32H,9,11-18H2,1-8H3. The molecule has 1 saturated heterocycles. The van der Waals surface area contributed by atoms with Gasteiger partial charge in [-0.25, -0.2) is 0 Å². The van der Waals surface area contributed by atoms with Crippen molar-refractivity contribution in [2.75, 3.05) is 0 Å². The smallest absolute Gasteiger partial charge is 0.138 e. The van der Waals surface area contributed by atoms with Crippen LogP contribution in [0.25, 0.3) is 0 Å². The summed E-state index contributed by atoms with van der Waals surface area (Å²) in [6, 6.07) is 0. The van der Waals surface area contributed by atoms with E-state index in [4.69, 9.17) is 4.74 Å². The normalized spacial score (nSPS) is 52.8. The van der Waals surface area contributed by atoms with Crippen LogP contribution >= 0.6 is 0 Å². The van der Waals surface area contributed by atoms with Crippen LogP contribution in [-0.4, -0.2) is 27.7 Å². The van der Waals surface area contributed by atoms with Crippen molar-refractivity contribution in [3.8, 4) is 0 Å². The molecular formula is C30H48O3. The number of hydrogen-bond acceptors (Lipinski definition) is 3. The summed E-state index contributed by atoms with van der Waals surface area (Å²) in [6.07, 6.45) is 11.6. The highest BCUT2D eigenvalue weighted by molar-refractivity contribution is 5.85. The number of ether oxygens (including phenoxy) is 1. The van der Waals surface area contributed by atoms with Crippen molar-refractivity contribution in [3.05, 3.63) is 11.6 Å². The summed E-state index contributed by atoms with van der Waals surface area (Å²) in [6.45, 7) is 18.1. The fourth-order valence-corrected chi connectivity index (χ4v) is 10.5. The molecule has 1 N–H and O–H groups in total. The number of carbonyl (C=O) groups excluding carboxylic acids is 1. The molecule has 9 unspecified atom stereocenters. The Bertz CT molecular complexity index is 881. The maximum Gasteiger partial charge on any atom is 0.138 e. The summed E-state index contributed by atoms with van der Waals surface area (Å²) >= 11 is 0. The lowest BCUT2D eigenvalue weighted by Crippen LogP contribution is -2.59. The van der Waals surface area contributed by atoms with Crippen LogP contribution in [0.4, 0.5) is 0 Å². The van der Waals surface area contributed by atoms with E-state index in [0.29, 0.717) is 30.0 Å². The van der Waals surface area contributed by atoms with Gasteiger partial charge in [-0.15, -0.1) is 0 Å². The maximum atomic E-state index is 12.9. The van der Waals surface area contributed by atoms with E-state index in [1.165, 1.54) is 5.57 Å². The van der Waals surface area contributed by atoms with Crippen LogP contribution in [0.3, 0.4) is 0 Å². The number of ketones is 1. The summed E-state index contributed by atoms with van der Waals surface area (Å²) in [7, 11) is 0. The largest absolute Gasteiger partial charge is 0.390 e. The Labute approximate surface area is 202 Å². The first-order valence-corrected chi connectivity index (χ1v) is 13.8. The minimum absolute atomic E-state index is 0.0314. The quantitative estimate of drug-likeness (QED) is 0.371. The van der Waals surface area contributed by atoms with Gasteiger partial charge in [0.25, 0.3) is 0 Å². The second-order valence-corrected chi connectivity index (χ2v) is 14.3. The predicted molar refractivity (Wildman–Crippen MR) is 133 cm³/mol. The van der Waals surface area contributed by atoms with Gasteiger partial charge in [-0.2, -0.15) is 0 Å². The number of rotatable bonds is 4. The van der Waals surface area contributed by atoms with E-state index in [1.54, 1.807) is 0 Å². The van der Waals surface area contributed by atoms with Crippen molar-refractivity contribution in [2.24, 2.45) is 39.9 Å². The predicted octanol–water partition coefficient (Wildman–Crippen LogP) is 6.87. The van der Waals surface area contributed by atoms with Crippen molar-refractivity contribution in [2.45, 2.75) is 130 Å². The molecule has 3 nitrogen and oxygen atoms in total. The topological polar surface area (TPSA) is 49.8 Å². The second kappa shape index (κ2) is 6.96. The Morgan fingerprint density at radius 3 is 2.36 bits per heavy atom. The highest BCUT2D eigenvalue weighted by atomic mass is 16.6. The molecule has 4 saturated carbocycles. The van der Waals surface area contributed by atoms with Gasteiger partial charge in [0.15, 0.2) is 0 Å². The van der Waals surface area contributed by atoms with Gasteiger partial charge >= 0.3 is 0 Å². The fraction of sp³-hybridized carbons (Fsp3) is 0.900. The molecule has 0 aromatic rings. The minimum Gasteiger partial charge on any atom is -0.390 e. The van der Waals surface area contributed by atoms with E-state index < -0.39 is 5.60 Å². The lowest BCUT2D eigenvalue weighted by molar-refractivity contribution is -0.170. The number of epoxide rings is 1. The zero-order chi connectivity index (χ0) is 24.2. The molecule has 0 bridgehead atoms. The molecule has 0 aromatic carbocycles. The molecule has 0 spiro atoms. The van der Waals surface area contributed by atoms with Crippen LogP contribution in [-0.2, 0) is 9.53 Å². The van der Waals surface area contributed by atoms with E-state index in [-0.39, 0.29) is 33.4 Å². The molecule has 33 heavy (non-hydrogen) atoms. The van der Waals surface area contributed by atoms with Gasteiger partial charge in [0.05, 0.1) is 5.60 Å². The van der Waals surface area contributed by atoms with Gasteiger partial charge in [0.2, 0.25) is 0 Å². The van der Waals surface area contributed by atoms with Gasteiger partial charge in [-0.3, -0.25) is 4.79 Å².